The van der Waals surface area contributed by atoms with Crippen LogP contribution in [0.4, 0.5) is 16.2 Å². The molecular formula is C21H15Cl2N3O2. The summed E-state index contributed by atoms with van der Waals surface area (Å²) < 4.78 is 0. The zero-order valence-electron chi connectivity index (χ0n) is 14.6. The number of anilines is 2. The molecule has 1 aliphatic rings. The number of halogens is 2. The van der Waals surface area contributed by atoms with Crippen molar-refractivity contribution in [3.05, 3.63) is 81.8 Å². The maximum Gasteiger partial charge on any atom is 0.323 e. The SMILES string of the molecule is O=C(Nc1cccc(Cl)c1)Nc1ccc(-c2cccc3c2CNC3=O)cc1Cl. The van der Waals surface area contributed by atoms with Gasteiger partial charge in [-0.15, -0.1) is 0 Å². The highest BCUT2D eigenvalue weighted by Crippen LogP contribution is 2.33. The van der Waals surface area contributed by atoms with E-state index in [9.17, 15) is 9.59 Å². The molecule has 0 aromatic heterocycles. The molecule has 0 fully saturated rings. The Hall–Kier alpha value is -3.02. The predicted octanol–water partition coefficient (Wildman–Crippen LogP) is 5.55. The molecule has 0 saturated heterocycles. The fraction of sp³-hybridized carbons (Fsp3) is 0.0476. The minimum absolute atomic E-state index is 0.0704. The number of hydrogen-bond donors (Lipinski definition) is 3. The maximum absolute atomic E-state index is 12.2. The summed E-state index contributed by atoms with van der Waals surface area (Å²) in [5, 5.41) is 9.19. The monoisotopic (exact) mass is 411 g/mol. The van der Waals surface area contributed by atoms with Gasteiger partial charge < -0.3 is 16.0 Å². The minimum atomic E-state index is -0.424. The first-order valence-corrected chi connectivity index (χ1v) is 9.30. The van der Waals surface area contributed by atoms with Crippen LogP contribution in [-0.2, 0) is 6.54 Å². The molecule has 28 heavy (non-hydrogen) atoms. The van der Waals surface area contributed by atoms with Gasteiger partial charge in [0.25, 0.3) is 5.91 Å². The molecule has 1 heterocycles. The van der Waals surface area contributed by atoms with E-state index in [-0.39, 0.29) is 5.91 Å². The van der Waals surface area contributed by atoms with Crippen LogP contribution in [0.5, 0.6) is 0 Å². The Kier molecular flexibility index (Phi) is 4.94. The normalized spacial score (nSPS) is 12.3. The van der Waals surface area contributed by atoms with E-state index >= 15 is 0 Å². The number of carbonyl (C=O) groups is 2. The van der Waals surface area contributed by atoms with Gasteiger partial charge in [-0.05, 0) is 53.1 Å². The van der Waals surface area contributed by atoms with E-state index in [1.807, 2.05) is 18.2 Å². The first-order valence-electron chi connectivity index (χ1n) is 8.55. The molecule has 3 N–H and O–H groups in total. The van der Waals surface area contributed by atoms with Crippen molar-refractivity contribution in [1.82, 2.24) is 5.32 Å². The number of urea groups is 1. The molecule has 3 amide bonds. The molecule has 4 rings (SSSR count). The third-order valence-electron chi connectivity index (χ3n) is 4.46. The van der Waals surface area contributed by atoms with Crippen LogP contribution < -0.4 is 16.0 Å². The van der Waals surface area contributed by atoms with Gasteiger partial charge in [0, 0.05) is 22.8 Å². The van der Waals surface area contributed by atoms with E-state index in [0.29, 0.717) is 33.5 Å². The van der Waals surface area contributed by atoms with Crippen molar-refractivity contribution in [2.75, 3.05) is 10.6 Å². The third kappa shape index (κ3) is 3.67. The summed E-state index contributed by atoms with van der Waals surface area (Å²) >= 11 is 12.3. The van der Waals surface area contributed by atoms with E-state index in [1.54, 1.807) is 42.5 Å². The molecule has 0 unspecified atom stereocenters. The Morgan fingerprint density at radius 3 is 2.50 bits per heavy atom. The molecule has 140 valence electrons. The zero-order valence-corrected chi connectivity index (χ0v) is 16.1. The molecular weight excluding hydrogens is 397 g/mol. The predicted molar refractivity (Wildman–Crippen MR) is 112 cm³/mol. The molecule has 1 aliphatic heterocycles. The lowest BCUT2D eigenvalue weighted by molar-refractivity contribution is 0.0965. The average molecular weight is 412 g/mol. The summed E-state index contributed by atoms with van der Waals surface area (Å²) in [6.45, 7) is 0.490. The highest BCUT2D eigenvalue weighted by molar-refractivity contribution is 6.34. The van der Waals surface area contributed by atoms with Gasteiger partial charge in [0.2, 0.25) is 0 Å². The lowest BCUT2D eigenvalue weighted by atomic mass is 9.97. The summed E-state index contributed by atoms with van der Waals surface area (Å²) in [6.07, 6.45) is 0. The number of amides is 3. The molecule has 0 spiro atoms. The second-order valence-electron chi connectivity index (χ2n) is 6.30. The second kappa shape index (κ2) is 7.54. The number of hydrogen-bond acceptors (Lipinski definition) is 2. The first kappa shape index (κ1) is 18.3. The molecule has 3 aromatic rings. The minimum Gasteiger partial charge on any atom is -0.348 e. The largest absolute Gasteiger partial charge is 0.348 e. The molecule has 0 saturated carbocycles. The quantitative estimate of drug-likeness (QED) is 0.528. The Balaban J connectivity index is 1.54. The van der Waals surface area contributed by atoms with E-state index < -0.39 is 6.03 Å². The van der Waals surface area contributed by atoms with Crippen molar-refractivity contribution in [2.45, 2.75) is 6.54 Å². The first-order chi connectivity index (χ1) is 13.5. The van der Waals surface area contributed by atoms with E-state index in [0.717, 1.165) is 16.7 Å². The van der Waals surface area contributed by atoms with Crippen LogP contribution in [0.3, 0.4) is 0 Å². The highest BCUT2D eigenvalue weighted by atomic mass is 35.5. The topological polar surface area (TPSA) is 70.2 Å². The van der Waals surface area contributed by atoms with Gasteiger partial charge >= 0.3 is 6.03 Å². The standard InChI is InChI=1S/C21H15Cl2N3O2/c22-13-3-1-4-14(10-13)25-21(28)26-19-8-7-12(9-18(19)23)15-5-2-6-16-17(15)11-24-20(16)27/h1-10H,11H2,(H,24,27)(H2,25,26,28). The summed E-state index contributed by atoms with van der Waals surface area (Å²) in [6, 6.07) is 17.4. The van der Waals surface area contributed by atoms with Crippen molar-refractivity contribution in [1.29, 1.82) is 0 Å². The molecule has 0 aliphatic carbocycles. The highest BCUT2D eigenvalue weighted by Gasteiger charge is 2.22. The smallest absolute Gasteiger partial charge is 0.323 e. The van der Waals surface area contributed by atoms with Gasteiger partial charge in [0.1, 0.15) is 0 Å². The van der Waals surface area contributed by atoms with Crippen molar-refractivity contribution in [2.24, 2.45) is 0 Å². The van der Waals surface area contributed by atoms with Crippen LogP contribution in [0.2, 0.25) is 10.0 Å². The van der Waals surface area contributed by atoms with Crippen LogP contribution >= 0.6 is 23.2 Å². The van der Waals surface area contributed by atoms with E-state index in [4.69, 9.17) is 23.2 Å². The van der Waals surface area contributed by atoms with Gasteiger partial charge in [-0.1, -0.05) is 47.5 Å². The Bertz CT molecular complexity index is 1100. The van der Waals surface area contributed by atoms with Gasteiger partial charge in [-0.2, -0.15) is 0 Å². The summed E-state index contributed by atoms with van der Waals surface area (Å²) in [4.78, 5) is 24.1. The summed E-state index contributed by atoms with van der Waals surface area (Å²) in [7, 11) is 0. The van der Waals surface area contributed by atoms with Gasteiger partial charge in [0.05, 0.1) is 10.7 Å². The summed E-state index contributed by atoms with van der Waals surface area (Å²) in [5.74, 6) is -0.0704. The van der Waals surface area contributed by atoms with Crippen molar-refractivity contribution < 1.29 is 9.59 Å². The van der Waals surface area contributed by atoms with Gasteiger partial charge in [-0.3, -0.25) is 4.79 Å². The third-order valence-corrected chi connectivity index (χ3v) is 5.00. The lowest BCUT2D eigenvalue weighted by Gasteiger charge is -2.12. The number of nitrogens with one attached hydrogen (secondary N) is 3. The number of rotatable bonds is 3. The van der Waals surface area contributed by atoms with Crippen molar-refractivity contribution in [3.63, 3.8) is 0 Å². The van der Waals surface area contributed by atoms with Gasteiger partial charge in [-0.25, -0.2) is 4.79 Å². The van der Waals surface area contributed by atoms with E-state index in [2.05, 4.69) is 16.0 Å². The molecule has 0 atom stereocenters. The molecule has 3 aromatic carbocycles. The zero-order chi connectivity index (χ0) is 19.7. The Morgan fingerprint density at radius 1 is 0.929 bits per heavy atom. The van der Waals surface area contributed by atoms with Crippen LogP contribution in [-0.4, -0.2) is 11.9 Å². The number of fused-ring (bicyclic) bond motifs is 1. The fourth-order valence-electron chi connectivity index (χ4n) is 3.16. The van der Waals surface area contributed by atoms with Crippen LogP contribution in [0.1, 0.15) is 15.9 Å². The molecule has 7 heteroatoms. The second-order valence-corrected chi connectivity index (χ2v) is 7.14. The fourth-order valence-corrected chi connectivity index (χ4v) is 3.58. The Morgan fingerprint density at radius 2 is 1.71 bits per heavy atom. The number of benzene rings is 3. The van der Waals surface area contributed by atoms with Gasteiger partial charge in [0.15, 0.2) is 0 Å². The van der Waals surface area contributed by atoms with Crippen LogP contribution in [0.25, 0.3) is 11.1 Å². The average Bonchev–Trinajstić information content (AvgIpc) is 3.05. The maximum atomic E-state index is 12.2. The molecule has 0 radical (unpaired) electrons. The van der Waals surface area contributed by atoms with Crippen LogP contribution in [0.15, 0.2) is 60.7 Å². The number of carbonyl (C=O) groups excluding carboxylic acids is 2. The van der Waals surface area contributed by atoms with Crippen molar-refractivity contribution in [3.8, 4) is 11.1 Å². The lowest BCUT2D eigenvalue weighted by Crippen LogP contribution is -2.19. The Labute approximate surface area is 171 Å². The van der Waals surface area contributed by atoms with Crippen molar-refractivity contribution >= 4 is 46.5 Å². The van der Waals surface area contributed by atoms with E-state index in [1.165, 1.54) is 0 Å². The molecule has 0 bridgehead atoms. The summed E-state index contributed by atoms with van der Waals surface area (Å²) in [5.41, 5.74) is 4.49. The molecule has 5 nitrogen and oxygen atoms in total. The van der Waals surface area contributed by atoms with Crippen LogP contribution in [0, 0.1) is 0 Å².